The van der Waals surface area contributed by atoms with E-state index >= 15 is 0 Å². The lowest BCUT2D eigenvalue weighted by Gasteiger charge is -2.09. The summed E-state index contributed by atoms with van der Waals surface area (Å²) in [4.78, 5) is 0.00551. The molecule has 0 aliphatic heterocycles. The van der Waals surface area contributed by atoms with Crippen LogP contribution in [-0.4, -0.2) is 8.42 Å². The van der Waals surface area contributed by atoms with Gasteiger partial charge in [-0.25, -0.2) is 17.5 Å². The molecular formula is C14H12Cl2FNO2S. The lowest BCUT2D eigenvalue weighted by atomic mass is 10.1. The third-order valence-corrected chi connectivity index (χ3v) is 5.10. The number of nitrogens with one attached hydrogen (secondary N) is 1. The lowest BCUT2D eigenvalue weighted by Crippen LogP contribution is -2.23. The highest BCUT2D eigenvalue weighted by atomic mass is 35.5. The fraction of sp³-hybridized carbons (Fsp3) is 0.143. The van der Waals surface area contributed by atoms with Crippen molar-refractivity contribution in [2.24, 2.45) is 0 Å². The number of rotatable bonds is 4. The third-order valence-electron chi connectivity index (χ3n) is 2.97. The van der Waals surface area contributed by atoms with E-state index in [0.717, 1.165) is 5.56 Å². The molecule has 0 unspecified atom stereocenters. The summed E-state index contributed by atoms with van der Waals surface area (Å²) in [7, 11) is -3.74. The summed E-state index contributed by atoms with van der Waals surface area (Å²) in [5.41, 5.74) is 1.37. The van der Waals surface area contributed by atoms with Crippen molar-refractivity contribution in [1.82, 2.24) is 4.72 Å². The van der Waals surface area contributed by atoms with E-state index in [1.807, 2.05) is 0 Å². The van der Waals surface area contributed by atoms with Gasteiger partial charge in [0.05, 0.1) is 14.9 Å². The Bertz CT molecular complexity index is 779. The zero-order chi connectivity index (χ0) is 15.6. The molecule has 2 aromatic rings. The first-order valence-corrected chi connectivity index (χ1v) is 8.23. The predicted octanol–water partition coefficient (Wildman–Crippen LogP) is 3.92. The van der Waals surface area contributed by atoms with Crippen LogP contribution in [0.1, 0.15) is 11.1 Å². The minimum atomic E-state index is -3.74. The first-order chi connectivity index (χ1) is 9.79. The van der Waals surface area contributed by atoms with Crippen molar-refractivity contribution in [1.29, 1.82) is 0 Å². The van der Waals surface area contributed by atoms with Gasteiger partial charge in [-0.3, -0.25) is 0 Å². The monoisotopic (exact) mass is 347 g/mol. The molecule has 0 atom stereocenters. The zero-order valence-electron chi connectivity index (χ0n) is 11.0. The lowest BCUT2D eigenvalue weighted by molar-refractivity contribution is 0.580. The second kappa shape index (κ2) is 6.32. The van der Waals surface area contributed by atoms with E-state index in [0.29, 0.717) is 5.56 Å². The Labute approximate surface area is 132 Å². The van der Waals surface area contributed by atoms with Gasteiger partial charge in [-0.2, -0.15) is 0 Å². The summed E-state index contributed by atoms with van der Waals surface area (Å²) < 4.78 is 39.9. The van der Waals surface area contributed by atoms with Crippen molar-refractivity contribution in [3.05, 3.63) is 63.4 Å². The maximum absolute atomic E-state index is 13.2. The second-order valence-corrected chi connectivity index (χ2v) is 7.05. The normalized spacial score (nSPS) is 11.6. The standard InChI is InChI=1S/C14H12Cl2FNO2S/c1-9-2-3-11(17)6-10(9)8-18-21(19,20)12-4-5-13(15)14(16)7-12/h2-7,18H,8H2,1H3. The summed E-state index contributed by atoms with van der Waals surface area (Å²) in [5, 5.41) is 0.429. The van der Waals surface area contributed by atoms with Crippen LogP contribution in [0.25, 0.3) is 0 Å². The van der Waals surface area contributed by atoms with Gasteiger partial charge in [-0.15, -0.1) is 0 Å². The quantitative estimate of drug-likeness (QED) is 0.910. The van der Waals surface area contributed by atoms with Crippen molar-refractivity contribution in [2.45, 2.75) is 18.4 Å². The van der Waals surface area contributed by atoms with Gasteiger partial charge in [0.25, 0.3) is 0 Å². The molecule has 2 rings (SSSR count). The summed E-state index contributed by atoms with van der Waals surface area (Å²) in [6, 6.07) is 8.25. The molecule has 112 valence electrons. The maximum atomic E-state index is 13.2. The molecule has 0 aliphatic carbocycles. The van der Waals surface area contributed by atoms with Gasteiger partial charge in [0.15, 0.2) is 0 Å². The molecule has 0 aromatic heterocycles. The van der Waals surface area contributed by atoms with Crippen molar-refractivity contribution in [3.63, 3.8) is 0 Å². The van der Waals surface area contributed by atoms with E-state index < -0.39 is 15.8 Å². The molecule has 0 bridgehead atoms. The van der Waals surface area contributed by atoms with Gasteiger partial charge in [-0.05, 0) is 48.4 Å². The van der Waals surface area contributed by atoms with E-state index in [4.69, 9.17) is 23.2 Å². The second-order valence-electron chi connectivity index (χ2n) is 4.47. The number of sulfonamides is 1. The Morgan fingerprint density at radius 2 is 1.81 bits per heavy atom. The fourth-order valence-corrected chi connectivity index (χ4v) is 3.13. The van der Waals surface area contributed by atoms with Crippen molar-refractivity contribution < 1.29 is 12.8 Å². The van der Waals surface area contributed by atoms with E-state index in [-0.39, 0.29) is 21.5 Å². The Hall–Kier alpha value is -1.14. The Kier molecular flexibility index (Phi) is 4.88. The minimum Gasteiger partial charge on any atom is -0.207 e. The van der Waals surface area contributed by atoms with Gasteiger partial charge >= 0.3 is 0 Å². The van der Waals surface area contributed by atoms with Crippen LogP contribution in [0.15, 0.2) is 41.3 Å². The van der Waals surface area contributed by atoms with E-state index in [9.17, 15) is 12.8 Å². The SMILES string of the molecule is Cc1ccc(F)cc1CNS(=O)(=O)c1ccc(Cl)c(Cl)c1. The summed E-state index contributed by atoms with van der Waals surface area (Å²) >= 11 is 11.6. The van der Waals surface area contributed by atoms with Crippen LogP contribution in [0, 0.1) is 12.7 Å². The molecule has 0 heterocycles. The molecular weight excluding hydrogens is 336 g/mol. The third kappa shape index (κ3) is 3.95. The Morgan fingerprint density at radius 3 is 2.48 bits per heavy atom. The average Bonchev–Trinajstić information content (AvgIpc) is 2.43. The van der Waals surface area contributed by atoms with Gasteiger partial charge < -0.3 is 0 Å². The molecule has 0 spiro atoms. The zero-order valence-corrected chi connectivity index (χ0v) is 13.4. The molecule has 0 aliphatic rings. The molecule has 3 nitrogen and oxygen atoms in total. The average molecular weight is 348 g/mol. The highest BCUT2D eigenvalue weighted by Crippen LogP contribution is 2.24. The molecule has 0 saturated heterocycles. The van der Waals surface area contributed by atoms with Crippen molar-refractivity contribution in [3.8, 4) is 0 Å². The molecule has 2 aromatic carbocycles. The minimum absolute atomic E-state index is 0.00551. The van der Waals surface area contributed by atoms with Crippen LogP contribution < -0.4 is 4.72 Å². The summed E-state index contributed by atoms with van der Waals surface area (Å²) in [6.45, 7) is 1.77. The van der Waals surface area contributed by atoms with E-state index in [2.05, 4.69) is 4.72 Å². The topological polar surface area (TPSA) is 46.2 Å². The number of aryl methyl sites for hydroxylation is 1. The van der Waals surface area contributed by atoms with Gasteiger partial charge in [0, 0.05) is 6.54 Å². The van der Waals surface area contributed by atoms with Gasteiger partial charge in [0.2, 0.25) is 10.0 Å². The largest absolute Gasteiger partial charge is 0.240 e. The van der Waals surface area contributed by atoms with Crippen LogP contribution in [-0.2, 0) is 16.6 Å². The Morgan fingerprint density at radius 1 is 1.10 bits per heavy atom. The summed E-state index contributed by atoms with van der Waals surface area (Å²) in [6.07, 6.45) is 0. The number of hydrogen-bond acceptors (Lipinski definition) is 2. The molecule has 1 N–H and O–H groups in total. The predicted molar refractivity (Wildman–Crippen MR) is 81.6 cm³/mol. The maximum Gasteiger partial charge on any atom is 0.240 e. The number of hydrogen-bond donors (Lipinski definition) is 1. The molecule has 0 fully saturated rings. The highest BCUT2D eigenvalue weighted by Gasteiger charge is 2.15. The van der Waals surface area contributed by atoms with Crippen LogP contribution in [0.4, 0.5) is 4.39 Å². The fourth-order valence-electron chi connectivity index (χ4n) is 1.73. The van der Waals surface area contributed by atoms with Crippen LogP contribution in [0.3, 0.4) is 0 Å². The first-order valence-electron chi connectivity index (χ1n) is 5.99. The molecule has 0 saturated carbocycles. The highest BCUT2D eigenvalue weighted by molar-refractivity contribution is 7.89. The molecule has 0 amide bonds. The van der Waals surface area contributed by atoms with Crippen LogP contribution in [0.2, 0.25) is 10.0 Å². The van der Waals surface area contributed by atoms with Crippen molar-refractivity contribution >= 4 is 33.2 Å². The van der Waals surface area contributed by atoms with E-state index in [1.165, 1.54) is 30.3 Å². The molecule has 7 heteroatoms. The smallest absolute Gasteiger partial charge is 0.207 e. The first kappa shape index (κ1) is 16.2. The van der Waals surface area contributed by atoms with Gasteiger partial charge in [0.1, 0.15) is 5.82 Å². The summed E-state index contributed by atoms with van der Waals surface area (Å²) in [5.74, 6) is -0.413. The van der Waals surface area contributed by atoms with Crippen LogP contribution in [0.5, 0.6) is 0 Å². The van der Waals surface area contributed by atoms with Crippen LogP contribution >= 0.6 is 23.2 Å². The van der Waals surface area contributed by atoms with E-state index in [1.54, 1.807) is 13.0 Å². The Balaban J connectivity index is 2.21. The molecule has 0 radical (unpaired) electrons. The molecule has 21 heavy (non-hydrogen) atoms. The van der Waals surface area contributed by atoms with Gasteiger partial charge in [-0.1, -0.05) is 29.3 Å². The van der Waals surface area contributed by atoms with Crippen molar-refractivity contribution in [2.75, 3.05) is 0 Å². The number of benzene rings is 2. The number of halogens is 3.